The van der Waals surface area contributed by atoms with Crippen molar-refractivity contribution < 1.29 is 4.39 Å². The second-order valence-electron chi connectivity index (χ2n) is 3.75. The number of rotatable bonds is 1. The number of pyridine rings is 1. The molecule has 0 spiro atoms. The minimum atomic E-state index is -0.266. The molecule has 84 valence electrons. The van der Waals surface area contributed by atoms with Gasteiger partial charge in [-0.3, -0.25) is 0 Å². The normalized spacial score (nSPS) is 10.9. The third-order valence-electron chi connectivity index (χ3n) is 2.55. The molecule has 0 radical (unpaired) electrons. The quantitative estimate of drug-likeness (QED) is 0.664. The summed E-state index contributed by atoms with van der Waals surface area (Å²) in [6.45, 7) is 0. The third kappa shape index (κ3) is 1.96. The van der Waals surface area contributed by atoms with Crippen molar-refractivity contribution in [1.82, 2.24) is 9.38 Å². The van der Waals surface area contributed by atoms with Crippen LogP contribution in [0.4, 0.5) is 4.39 Å². The van der Waals surface area contributed by atoms with E-state index in [1.54, 1.807) is 10.5 Å². The van der Waals surface area contributed by atoms with Crippen LogP contribution in [0.2, 0.25) is 0 Å². The summed E-state index contributed by atoms with van der Waals surface area (Å²) in [5, 5.41) is 0. The fraction of sp³-hybridized carbons (Fsp3) is 0. The first-order chi connectivity index (χ1) is 8.22. The number of hydrogen-bond acceptors (Lipinski definition) is 1. The molecular weight excluding hydrogens is 283 g/mol. The van der Waals surface area contributed by atoms with Crippen LogP contribution in [0.1, 0.15) is 0 Å². The summed E-state index contributed by atoms with van der Waals surface area (Å²) in [6.07, 6.45) is 3.24. The van der Waals surface area contributed by atoms with Crippen LogP contribution in [-0.2, 0) is 0 Å². The zero-order chi connectivity index (χ0) is 11.8. The van der Waals surface area contributed by atoms with Crippen LogP contribution in [0.3, 0.4) is 0 Å². The highest BCUT2D eigenvalue weighted by molar-refractivity contribution is 9.10. The molecule has 0 saturated carbocycles. The molecule has 2 heterocycles. The van der Waals surface area contributed by atoms with Crippen molar-refractivity contribution >= 4 is 21.6 Å². The van der Waals surface area contributed by atoms with Crippen LogP contribution in [0.25, 0.3) is 16.9 Å². The van der Waals surface area contributed by atoms with Gasteiger partial charge in [-0.2, -0.15) is 0 Å². The van der Waals surface area contributed by atoms with Crippen molar-refractivity contribution in [3.8, 4) is 11.3 Å². The minimum Gasteiger partial charge on any atom is -0.304 e. The molecule has 0 atom stereocenters. The summed E-state index contributed by atoms with van der Waals surface area (Å²) in [7, 11) is 0. The Morgan fingerprint density at radius 2 is 1.76 bits per heavy atom. The van der Waals surface area contributed by atoms with E-state index in [0.29, 0.717) is 0 Å². The first-order valence-corrected chi connectivity index (χ1v) is 5.92. The van der Waals surface area contributed by atoms with E-state index in [0.717, 1.165) is 21.4 Å². The van der Waals surface area contributed by atoms with Crippen LogP contribution in [0.5, 0.6) is 0 Å². The molecule has 0 unspecified atom stereocenters. The van der Waals surface area contributed by atoms with Crippen LogP contribution >= 0.6 is 15.9 Å². The molecule has 0 aliphatic carbocycles. The Morgan fingerprint density at radius 1 is 1.00 bits per heavy atom. The lowest BCUT2D eigenvalue weighted by Gasteiger charge is -1.95. The number of imidazole rings is 1. The van der Waals surface area contributed by atoms with Crippen molar-refractivity contribution in [2.75, 3.05) is 0 Å². The Kier molecular flexibility index (Phi) is 2.44. The van der Waals surface area contributed by atoms with Crippen LogP contribution < -0.4 is 0 Å². The molecule has 17 heavy (non-hydrogen) atoms. The van der Waals surface area contributed by atoms with Gasteiger partial charge in [0.2, 0.25) is 0 Å². The standard InChI is InChI=1S/C13H8BrFN2/c14-10-3-1-9(2-4-10)12-8-17-7-11(15)5-6-13(17)16-12/h1-8H. The Morgan fingerprint density at radius 3 is 2.53 bits per heavy atom. The van der Waals surface area contributed by atoms with Crippen molar-refractivity contribution in [2.24, 2.45) is 0 Å². The third-order valence-corrected chi connectivity index (χ3v) is 3.08. The molecule has 0 aliphatic rings. The lowest BCUT2D eigenvalue weighted by molar-refractivity contribution is 0.619. The summed E-state index contributed by atoms with van der Waals surface area (Å²) in [5.41, 5.74) is 2.59. The molecule has 3 aromatic rings. The second-order valence-corrected chi connectivity index (χ2v) is 4.66. The maximum Gasteiger partial charge on any atom is 0.139 e. The molecule has 3 rings (SSSR count). The predicted molar refractivity (Wildman–Crippen MR) is 68.3 cm³/mol. The molecule has 0 amide bonds. The van der Waals surface area contributed by atoms with Gasteiger partial charge >= 0.3 is 0 Å². The van der Waals surface area contributed by atoms with Crippen LogP contribution in [0, 0.1) is 5.82 Å². The summed E-state index contributed by atoms with van der Waals surface area (Å²) < 4.78 is 15.8. The van der Waals surface area contributed by atoms with Gasteiger partial charge in [-0.15, -0.1) is 0 Å². The number of halogens is 2. The largest absolute Gasteiger partial charge is 0.304 e. The van der Waals surface area contributed by atoms with Crippen LogP contribution in [0.15, 0.2) is 53.3 Å². The number of fused-ring (bicyclic) bond motifs is 1. The van der Waals surface area contributed by atoms with Gasteiger partial charge < -0.3 is 4.40 Å². The van der Waals surface area contributed by atoms with Gasteiger partial charge in [0.15, 0.2) is 0 Å². The summed E-state index contributed by atoms with van der Waals surface area (Å²) in [6, 6.07) is 10.9. The molecule has 4 heteroatoms. The van der Waals surface area contributed by atoms with E-state index >= 15 is 0 Å². The lowest BCUT2D eigenvalue weighted by atomic mass is 10.2. The Labute approximate surface area is 106 Å². The lowest BCUT2D eigenvalue weighted by Crippen LogP contribution is -1.83. The Bertz CT molecular complexity index is 673. The molecular formula is C13H8BrFN2. The van der Waals surface area contributed by atoms with Crippen molar-refractivity contribution in [3.05, 3.63) is 59.1 Å². The van der Waals surface area contributed by atoms with Gasteiger partial charge in [0, 0.05) is 22.4 Å². The molecule has 0 saturated heterocycles. The summed E-state index contributed by atoms with van der Waals surface area (Å²) in [4.78, 5) is 4.43. The van der Waals surface area contributed by atoms with E-state index < -0.39 is 0 Å². The Balaban J connectivity index is 2.14. The number of aromatic nitrogens is 2. The van der Waals surface area contributed by atoms with Crippen LogP contribution in [-0.4, -0.2) is 9.38 Å². The first-order valence-electron chi connectivity index (χ1n) is 5.12. The number of benzene rings is 1. The van der Waals surface area contributed by atoms with E-state index in [9.17, 15) is 4.39 Å². The molecule has 0 bridgehead atoms. The fourth-order valence-electron chi connectivity index (χ4n) is 1.72. The number of nitrogens with zero attached hydrogens (tertiary/aromatic N) is 2. The first kappa shape index (κ1) is 10.5. The molecule has 2 aromatic heterocycles. The average molecular weight is 291 g/mol. The van der Waals surface area contributed by atoms with Gasteiger partial charge in [-0.1, -0.05) is 28.1 Å². The van der Waals surface area contributed by atoms with Gasteiger partial charge in [0.25, 0.3) is 0 Å². The predicted octanol–water partition coefficient (Wildman–Crippen LogP) is 3.90. The summed E-state index contributed by atoms with van der Waals surface area (Å²) >= 11 is 3.39. The molecule has 0 aliphatic heterocycles. The Hall–Kier alpha value is -1.68. The monoisotopic (exact) mass is 290 g/mol. The van der Waals surface area contributed by atoms with Crippen molar-refractivity contribution in [2.45, 2.75) is 0 Å². The number of hydrogen-bond donors (Lipinski definition) is 0. The van der Waals surface area contributed by atoms with Gasteiger partial charge in [0.1, 0.15) is 11.5 Å². The highest BCUT2D eigenvalue weighted by Gasteiger charge is 2.04. The topological polar surface area (TPSA) is 17.3 Å². The minimum absolute atomic E-state index is 0.266. The molecule has 1 aromatic carbocycles. The van der Waals surface area contributed by atoms with E-state index in [1.807, 2.05) is 30.5 Å². The molecule has 0 fully saturated rings. The summed E-state index contributed by atoms with van der Waals surface area (Å²) in [5.74, 6) is -0.266. The molecule has 0 N–H and O–H groups in total. The van der Waals surface area contributed by atoms with E-state index in [4.69, 9.17) is 0 Å². The smallest absolute Gasteiger partial charge is 0.139 e. The highest BCUT2D eigenvalue weighted by Crippen LogP contribution is 2.21. The maximum absolute atomic E-state index is 13.0. The SMILES string of the molecule is Fc1ccc2nc(-c3ccc(Br)cc3)cn2c1. The zero-order valence-electron chi connectivity index (χ0n) is 8.77. The fourth-order valence-corrected chi connectivity index (χ4v) is 1.99. The maximum atomic E-state index is 13.0. The molecule has 2 nitrogen and oxygen atoms in total. The zero-order valence-corrected chi connectivity index (χ0v) is 10.4. The van der Waals surface area contributed by atoms with E-state index in [2.05, 4.69) is 20.9 Å². The highest BCUT2D eigenvalue weighted by atomic mass is 79.9. The average Bonchev–Trinajstić information content (AvgIpc) is 2.72. The second kappa shape index (κ2) is 3.96. The van der Waals surface area contributed by atoms with E-state index in [1.165, 1.54) is 12.3 Å². The van der Waals surface area contributed by atoms with Crippen molar-refractivity contribution in [3.63, 3.8) is 0 Å². The van der Waals surface area contributed by atoms with E-state index in [-0.39, 0.29) is 5.82 Å². The van der Waals surface area contributed by atoms with Gasteiger partial charge in [-0.25, -0.2) is 9.37 Å². The van der Waals surface area contributed by atoms with Gasteiger partial charge in [-0.05, 0) is 24.3 Å². The van der Waals surface area contributed by atoms with Gasteiger partial charge in [0.05, 0.1) is 5.69 Å². The van der Waals surface area contributed by atoms with Crippen molar-refractivity contribution in [1.29, 1.82) is 0 Å².